The van der Waals surface area contributed by atoms with Crippen LogP contribution in [0.4, 0.5) is 11.6 Å². The van der Waals surface area contributed by atoms with Gasteiger partial charge in [-0.25, -0.2) is 0 Å². The van der Waals surface area contributed by atoms with Crippen molar-refractivity contribution in [2.24, 2.45) is 0 Å². The van der Waals surface area contributed by atoms with Crippen molar-refractivity contribution in [2.75, 3.05) is 24.7 Å². The Morgan fingerprint density at radius 1 is 1.50 bits per heavy atom. The fourth-order valence-corrected chi connectivity index (χ4v) is 1.37. The largest absolute Gasteiger partial charge is 0.438 e. The average molecular weight is 198 g/mol. The molecule has 14 heavy (non-hydrogen) atoms. The Kier molecular flexibility index (Phi) is 1.66. The average Bonchev–Trinajstić information content (AvgIpc) is 2.63. The van der Waals surface area contributed by atoms with Crippen LogP contribution in [-0.4, -0.2) is 24.0 Å². The lowest BCUT2D eigenvalue weighted by atomic mass is 10.5. The molecule has 0 saturated carbocycles. The highest BCUT2D eigenvalue weighted by Crippen LogP contribution is 2.26. The molecule has 0 aromatic carbocycles. The summed E-state index contributed by atoms with van der Waals surface area (Å²) >= 11 is 0. The van der Waals surface area contributed by atoms with Crippen molar-refractivity contribution in [1.82, 2.24) is 4.73 Å². The van der Waals surface area contributed by atoms with E-state index in [1.165, 1.54) is 6.07 Å². The van der Waals surface area contributed by atoms with Crippen LogP contribution >= 0.6 is 0 Å². The summed E-state index contributed by atoms with van der Waals surface area (Å²) in [5.41, 5.74) is 0.628. The Hall–Kier alpha value is -2.05. The van der Waals surface area contributed by atoms with Gasteiger partial charge in [-0.1, -0.05) is 0 Å². The molecule has 7 heteroatoms. The van der Waals surface area contributed by atoms with Crippen LogP contribution in [0.5, 0.6) is 0 Å². The molecule has 2 heterocycles. The third kappa shape index (κ3) is 0.889. The zero-order valence-electron chi connectivity index (χ0n) is 7.74. The lowest BCUT2D eigenvalue weighted by Gasteiger charge is -2.00. The monoisotopic (exact) mass is 198 g/mol. The standard InChI is InChI=1S/C7H10N4O3/c1-8-5-3-4-6(10(5)12)7(9-2)11(13)14-4/h3,8-9,12H,1-2H3. The normalized spacial score (nSPS) is 10.7. The van der Waals surface area contributed by atoms with Crippen LogP contribution in [0.2, 0.25) is 0 Å². The van der Waals surface area contributed by atoms with Gasteiger partial charge >= 0.3 is 5.82 Å². The zero-order valence-corrected chi connectivity index (χ0v) is 7.74. The number of nitrogens with one attached hydrogen (secondary N) is 2. The number of hydrogen-bond acceptors (Lipinski definition) is 5. The van der Waals surface area contributed by atoms with Gasteiger partial charge in [-0.2, -0.15) is 4.73 Å². The summed E-state index contributed by atoms with van der Waals surface area (Å²) in [6.07, 6.45) is 0. The smallest absolute Gasteiger partial charge is 0.343 e. The number of fused-ring (bicyclic) bond motifs is 1. The molecule has 0 aliphatic carbocycles. The van der Waals surface area contributed by atoms with E-state index in [2.05, 4.69) is 10.6 Å². The molecule has 0 atom stereocenters. The Bertz CT molecular complexity index is 473. The van der Waals surface area contributed by atoms with Crippen molar-refractivity contribution in [2.45, 2.75) is 0 Å². The molecule has 0 aliphatic heterocycles. The third-order valence-corrected chi connectivity index (χ3v) is 2.02. The molecule has 0 aliphatic rings. The van der Waals surface area contributed by atoms with Crippen molar-refractivity contribution >= 4 is 22.7 Å². The topological polar surface area (TPSA) is 89.3 Å². The van der Waals surface area contributed by atoms with Crippen LogP contribution in [0, 0.1) is 5.21 Å². The summed E-state index contributed by atoms with van der Waals surface area (Å²) in [4.78, 5) is 0.316. The minimum Gasteiger partial charge on any atom is -0.438 e. The van der Waals surface area contributed by atoms with Gasteiger partial charge in [0.05, 0.1) is 12.6 Å². The lowest BCUT2D eigenvalue weighted by Crippen LogP contribution is -2.26. The SMILES string of the molecule is CNc1cc2o[n+]([O-])c(NC)c2n1O. The molecule has 7 nitrogen and oxygen atoms in total. The Morgan fingerprint density at radius 3 is 2.79 bits per heavy atom. The molecule has 76 valence electrons. The molecule has 0 radical (unpaired) electrons. The van der Waals surface area contributed by atoms with Gasteiger partial charge in [-0.3, -0.25) is 5.32 Å². The fraction of sp³-hybridized carbons (Fsp3) is 0.286. The number of aromatic nitrogens is 2. The second-order valence-electron chi connectivity index (χ2n) is 2.75. The van der Waals surface area contributed by atoms with Gasteiger partial charge in [0.2, 0.25) is 0 Å². The van der Waals surface area contributed by atoms with Crippen LogP contribution in [0.1, 0.15) is 0 Å². The van der Waals surface area contributed by atoms with Crippen molar-refractivity contribution in [3.63, 3.8) is 0 Å². The first kappa shape index (κ1) is 8.54. The third-order valence-electron chi connectivity index (χ3n) is 2.02. The number of rotatable bonds is 2. The predicted octanol–water partition coefficient (Wildman–Crippen LogP) is 0.188. The van der Waals surface area contributed by atoms with E-state index in [9.17, 15) is 10.4 Å². The minimum atomic E-state index is 0.170. The summed E-state index contributed by atoms with van der Waals surface area (Å²) in [7, 11) is 3.23. The Labute approximate surface area is 79.0 Å². The van der Waals surface area contributed by atoms with Gasteiger partial charge in [0.15, 0.2) is 5.52 Å². The van der Waals surface area contributed by atoms with E-state index in [4.69, 9.17) is 4.52 Å². The Balaban J connectivity index is 2.77. The van der Waals surface area contributed by atoms with Crippen molar-refractivity contribution in [1.29, 1.82) is 0 Å². The highest BCUT2D eigenvalue weighted by molar-refractivity contribution is 5.87. The molecule has 2 aromatic heterocycles. The van der Waals surface area contributed by atoms with E-state index < -0.39 is 0 Å². The maximum absolute atomic E-state index is 11.1. The van der Waals surface area contributed by atoms with Gasteiger partial charge in [0, 0.05) is 13.1 Å². The molecule has 0 fully saturated rings. The van der Waals surface area contributed by atoms with E-state index in [-0.39, 0.29) is 5.82 Å². The van der Waals surface area contributed by atoms with Crippen LogP contribution in [0.15, 0.2) is 10.6 Å². The lowest BCUT2D eigenvalue weighted by molar-refractivity contribution is -0.776. The minimum absolute atomic E-state index is 0.170. The van der Waals surface area contributed by atoms with Gasteiger partial charge in [-0.15, -0.1) is 0 Å². The van der Waals surface area contributed by atoms with Crippen molar-refractivity contribution in [3.8, 4) is 0 Å². The maximum Gasteiger partial charge on any atom is 0.343 e. The molecule has 0 unspecified atom stereocenters. The van der Waals surface area contributed by atoms with E-state index in [1.54, 1.807) is 14.1 Å². The summed E-state index contributed by atoms with van der Waals surface area (Å²) in [6, 6.07) is 1.53. The van der Waals surface area contributed by atoms with Crippen LogP contribution in [-0.2, 0) is 0 Å². The number of hydrogen-bond donors (Lipinski definition) is 3. The van der Waals surface area contributed by atoms with E-state index >= 15 is 0 Å². The fourth-order valence-electron chi connectivity index (χ4n) is 1.37. The zero-order chi connectivity index (χ0) is 10.3. The quantitative estimate of drug-likeness (QED) is 0.473. The van der Waals surface area contributed by atoms with Crippen LogP contribution in [0.3, 0.4) is 0 Å². The van der Waals surface area contributed by atoms with Crippen LogP contribution in [0.25, 0.3) is 11.1 Å². The summed E-state index contributed by atoms with van der Waals surface area (Å²) < 4.78 is 5.69. The summed E-state index contributed by atoms with van der Waals surface area (Å²) in [5, 5.41) is 26.1. The molecule has 3 N–H and O–H groups in total. The van der Waals surface area contributed by atoms with Gasteiger partial charge < -0.3 is 20.3 Å². The van der Waals surface area contributed by atoms with Gasteiger partial charge in [-0.05, 0) is 4.90 Å². The first-order valence-corrected chi connectivity index (χ1v) is 4.02. The molecule has 0 spiro atoms. The van der Waals surface area contributed by atoms with E-state index in [1.807, 2.05) is 0 Å². The second kappa shape index (κ2) is 2.72. The first-order valence-electron chi connectivity index (χ1n) is 4.02. The van der Waals surface area contributed by atoms with Gasteiger partial charge in [0.1, 0.15) is 5.82 Å². The molecular formula is C7H10N4O3. The highest BCUT2D eigenvalue weighted by Gasteiger charge is 2.19. The Morgan fingerprint density at radius 2 is 2.21 bits per heavy atom. The first-order chi connectivity index (χ1) is 6.69. The van der Waals surface area contributed by atoms with E-state index in [0.29, 0.717) is 21.8 Å². The summed E-state index contributed by atoms with van der Waals surface area (Å²) in [5.74, 6) is 0.625. The predicted molar refractivity (Wildman–Crippen MR) is 49.4 cm³/mol. The highest BCUT2D eigenvalue weighted by atomic mass is 16.7. The van der Waals surface area contributed by atoms with Crippen molar-refractivity contribution < 1.29 is 14.6 Å². The molecular weight excluding hydrogens is 188 g/mol. The molecule has 2 aromatic rings. The number of nitrogens with zero attached hydrogens (tertiary/aromatic N) is 2. The second-order valence-corrected chi connectivity index (χ2v) is 2.75. The van der Waals surface area contributed by atoms with Crippen LogP contribution < -0.4 is 15.5 Å². The van der Waals surface area contributed by atoms with Crippen molar-refractivity contribution in [3.05, 3.63) is 11.3 Å². The molecule has 2 rings (SSSR count). The van der Waals surface area contributed by atoms with E-state index in [0.717, 1.165) is 4.73 Å². The molecule has 0 amide bonds. The number of anilines is 2. The maximum atomic E-state index is 11.1. The summed E-state index contributed by atoms with van der Waals surface area (Å²) in [6.45, 7) is 0. The molecule has 0 bridgehead atoms. The molecule has 0 saturated heterocycles. The van der Waals surface area contributed by atoms with Gasteiger partial charge in [0.25, 0.3) is 0 Å².